The Morgan fingerprint density at radius 1 is 1.15 bits per heavy atom. The predicted molar refractivity (Wildman–Crippen MR) is 68.4 cm³/mol. The van der Waals surface area contributed by atoms with E-state index in [1.165, 1.54) is 6.92 Å². The molecule has 0 aliphatic heterocycles. The third kappa shape index (κ3) is 2.57. The van der Waals surface area contributed by atoms with Gasteiger partial charge in [-0.1, -0.05) is 6.92 Å². The van der Waals surface area contributed by atoms with Gasteiger partial charge in [0.05, 0.1) is 11.5 Å². The highest BCUT2D eigenvalue weighted by atomic mass is 19.1. The van der Waals surface area contributed by atoms with Gasteiger partial charge in [-0.15, -0.1) is 0 Å². The van der Waals surface area contributed by atoms with E-state index in [4.69, 9.17) is 5.11 Å². The van der Waals surface area contributed by atoms with Crippen LogP contribution in [0.5, 0.6) is 0 Å². The van der Waals surface area contributed by atoms with Gasteiger partial charge in [0.15, 0.2) is 5.78 Å². The summed E-state index contributed by atoms with van der Waals surface area (Å²) >= 11 is 0. The zero-order valence-corrected chi connectivity index (χ0v) is 11.3. The van der Waals surface area contributed by atoms with E-state index in [1.54, 1.807) is 0 Å². The molecule has 1 aromatic rings. The second-order valence-corrected chi connectivity index (χ2v) is 5.57. The third-order valence-electron chi connectivity index (χ3n) is 3.97. The minimum Gasteiger partial charge on any atom is -0.481 e. The fourth-order valence-corrected chi connectivity index (χ4v) is 2.89. The fourth-order valence-electron chi connectivity index (χ4n) is 2.89. The number of hydrogen-bond donors (Lipinski definition) is 1. The standard InChI is InChI=1S/C15H16F2O3/c1-7-3-9(10(4-7)15(19)20)14(18)11-6-12(16)8(2)5-13(11)17/h5-7,9-10H,3-4H2,1-2H3,(H,19,20). The summed E-state index contributed by atoms with van der Waals surface area (Å²) < 4.78 is 27.3. The first kappa shape index (κ1) is 14.6. The van der Waals surface area contributed by atoms with Crippen LogP contribution in [0.2, 0.25) is 0 Å². The van der Waals surface area contributed by atoms with Gasteiger partial charge in [-0.25, -0.2) is 8.78 Å². The maximum absolute atomic E-state index is 13.8. The van der Waals surface area contributed by atoms with Crippen LogP contribution in [0.25, 0.3) is 0 Å². The molecular weight excluding hydrogens is 266 g/mol. The molecule has 1 aromatic carbocycles. The first-order chi connectivity index (χ1) is 9.31. The van der Waals surface area contributed by atoms with E-state index in [1.807, 2.05) is 6.92 Å². The fraction of sp³-hybridized carbons (Fsp3) is 0.467. The number of ketones is 1. The summed E-state index contributed by atoms with van der Waals surface area (Å²) in [5, 5.41) is 9.15. The van der Waals surface area contributed by atoms with Crippen LogP contribution in [-0.2, 0) is 4.79 Å². The second-order valence-electron chi connectivity index (χ2n) is 5.57. The summed E-state index contributed by atoms with van der Waals surface area (Å²) in [6, 6.07) is 1.84. The predicted octanol–water partition coefficient (Wildman–Crippen LogP) is 3.20. The number of rotatable bonds is 3. The summed E-state index contributed by atoms with van der Waals surface area (Å²) in [7, 11) is 0. The third-order valence-corrected chi connectivity index (χ3v) is 3.97. The highest BCUT2D eigenvalue weighted by Gasteiger charge is 2.42. The summed E-state index contributed by atoms with van der Waals surface area (Å²) in [5.74, 6) is -4.63. The van der Waals surface area contributed by atoms with E-state index in [0.717, 1.165) is 12.1 Å². The quantitative estimate of drug-likeness (QED) is 0.866. The van der Waals surface area contributed by atoms with Gasteiger partial charge in [-0.05, 0) is 43.4 Å². The Kier molecular flexibility index (Phi) is 3.88. The Labute approximate surface area is 115 Å². The number of aryl methyl sites for hydroxylation is 1. The Morgan fingerprint density at radius 3 is 2.35 bits per heavy atom. The van der Waals surface area contributed by atoms with Crippen molar-refractivity contribution in [2.24, 2.45) is 17.8 Å². The summed E-state index contributed by atoms with van der Waals surface area (Å²) in [4.78, 5) is 23.5. The van der Waals surface area contributed by atoms with Crippen LogP contribution in [0.3, 0.4) is 0 Å². The van der Waals surface area contributed by atoms with Crippen molar-refractivity contribution in [2.75, 3.05) is 0 Å². The normalized spacial score (nSPS) is 25.7. The van der Waals surface area contributed by atoms with Crippen LogP contribution in [-0.4, -0.2) is 16.9 Å². The highest BCUT2D eigenvalue weighted by molar-refractivity contribution is 6.00. The van der Waals surface area contributed by atoms with Crippen LogP contribution in [0.15, 0.2) is 12.1 Å². The molecule has 0 spiro atoms. The van der Waals surface area contributed by atoms with Crippen LogP contribution in [0, 0.1) is 36.3 Å². The number of halogens is 2. The lowest BCUT2D eigenvalue weighted by atomic mass is 9.88. The lowest BCUT2D eigenvalue weighted by molar-refractivity contribution is -0.142. The molecule has 1 N–H and O–H groups in total. The molecule has 1 fully saturated rings. The van der Waals surface area contributed by atoms with Crippen molar-refractivity contribution in [2.45, 2.75) is 26.7 Å². The van der Waals surface area contributed by atoms with Crippen LogP contribution >= 0.6 is 0 Å². The molecular formula is C15H16F2O3. The molecule has 0 bridgehead atoms. The molecule has 0 aromatic heterocycles. The van der Waals surface area contributed by atoms with Gasteiger partial charge in [0.1, 0.15) is 11.6 Å². The van der Waals surface area contributed by atoms with Crippen molar-refractivity contribution in [3.05, 3.63) is 34.9 Å². The van der Waals surface area contributed by atoms with Gasteiger partial charge >= 0.3 is 5.97 Å². The van der Waals surface area contributed by atoms with E-state index in [-0.39, 0.29) is 17.0 Å². The topological polar surface area (TPSA) is 54.4 Å². The van der Waals surface area contributed by atoms with Crippen molar-refractivity contribution in [1.29, 1.82) is 0 Å². The lowest BCUT2D eigenvalue weighted by Crippen LogP contribution is -2.26. The largest absolute Gasteiger partial charge is 0.481 e. The van der Waals surface area contributed by atoms with E-state index in [0.29, 0.717) is 12.8 Å². The van der Waals surface area contributed by atoms with E-state index >= 15 is 0 Å². The number of hydrogen-bond acceptors (Lipinski definition) is 2. The Bertz CT molecular complexity index is 568. The lowest BCUT2D eigenvalue weighted by Gasteiger charge is -2.15. The van der Waals surface area contributed by atoms with Crippen LogP contribution < -0.4 is 0 Å². The van der Waals surface area contributed by atoms with E-state index in [9.17, 15) is 18.4 Å². The average molecular weight is 282 g/mol. The van der Waals surface area contributed by atoms with E-state index < -0.39 is 35.2 Å². The number of carboxylic acid groups (broad SMARTS) is 1. The van der Waals surface area contributed by atoms with Gasteiger partial charge in [0, 0.05) is 5.92 Å². The number of Topliss-reactive ketones (excluding diaryl/α,β-unsaturated/α-hetero) is 1. The second kappa shape index (κ2) is 5.31. The molecule has 0 amide bonds. The SMILES string of the molecule is Cc1cc(F)c(C(=O)C2CC(C)CC2C(=O)O)cc1F. The van der Waals surface area contributed by atoms with Gasteiger partial charge in [0.2, 0.25) is 0 Å². The van der Waals surface area contributed by atoms with Crippen molar-refractivity contribution in [3.63, 3.8) is 0 Å². The maximum atomic E-state index is 13.8. The number of carbonyl (C=O) groups is 2. The molecule has 20 heavy (non-hydrogen) atoms. The molecule has 1 saturated carbocycles. The number of benzene rings is 1. The molecule has 1 aliphatic carbocycles. The molecule has 3 unspecified atom stereocenters. The van der Waals surface area contributed by atoms with Crippen LogP contribution in [0.1, 0.15) is 35.7 Å². The minimum absolute atomic E-state index is 0.0865. The monoisotopic (exact) mass is 282 g/mol. The van der Waals surface area contributed by atoms with Crippen molar-refractivity contribution >= 4 is 11.8 Å². The van der Waals surface area contributed by atoms with Crippen molar-refractivity contribution in [3.8, 4) is 0 Å². The Morgan fingerprint density at radius 2 is 1.75 bits per heavy atom. The smallest absolute Gasteiger partial charge is 0.307 e. The molecule has 5 heteroatoms. The average Bonchev–Trinajstić information content (AvgIpc) is 2.75. The van der Waals surface area contributed by atoms with Crippen molar-refractivity contribution < 1.29 is 23.5 Å². The minimum atomic E-state index is -1.05. The van der Waals surface area contributed by atoms with E-state index in [2.05, 4.69) is 0 Å². The molecule has 3 atom stereocenters. The summed E-state index contributed by atoms with van der Waals surface area (Å²) in [6.07, 6.45) is 0.784. The Balaban J connectivity index is 2.36. The van der Waals surface area contributed by atoms with Crippen molar-refractivity contribution in [1.82, 2.24) is 0 Å². The first-order valence-electron chi connectivity index (χ1n) is 6.54. The molecule has 0 heterocycles. The first-order valence-corrected chi connectivity index (χ1v) is 6.54. The number of aliphatic carboxylic acids is 1. The van der Waals surface area contributed by atoms with Gasteiger partial charge in [-0.3, -0.25) is 9.59 Å². The molecule has 108 valence electrons. The molecule has 1 aliphatic rings. The molecule has 0 saturated heterocycles. The highest BCUT2D eigenvalue weighted by Crippen LogP contribution is 2.38. The van der Waals surface area contributed by atoms with Gasteiger partial charge in [-0.2, -0.15) is 0 Å². The van der Waals surface area contributed by atoms with Gasteiger partial charge < -0.3 is 5.11 Å². The molecule has 0 radical (unpaired) electrons. The number of carboxylic acids is 1. The summed E-state index contributed by atoms with van der Waals surface area (Å²) in [5.41, 5.74) is -0.230. The van der Waals surface area contributed by atoms with Crippen LogP contribution in [0.4, 0.5) is 8.78 Å². The molecule has 2 rings (SSSR count). The number of carbonyl (C=O) groups excluding carboxylic acids is 1. The van der Waals surface area contributed by atoms with Gasteiger partial charge in [0.25, 0.3) is 0 Å². The Hall–Kier alpha value is -1.78. The summed E-state index contributed by atoms with van der Waals surface area (Å²) in [6.45, 7) is 3.26. The zero-order valence-electron chi connectivity index (χ0n) is 11.3. The molecule has 3 nitrogen and oxygen atoms in total. The zero-order chi connectivity index (χ0) is 15.0. The maximum Gasteiger partial charge on any atom is 0.307 e.